The summed E-state index contributed by atoms with van der Waals surface area (Å²) in [6.45, 7) is 3.73. The monoisotopic (exact) mass is 394 g/mol. The Morgan fingerprint density at radius 3 is 2.76 bits per heavy atom. The van der Waals surface area contributed by atoms with Crippen LogP contribution in [-0.2, 0) is 24.9 Å². The van der Waals surface area contributed by atoms with Crippen LogP contribution >= 0.6 is 0 Å². The zero-order chi connectivity index (χ0) is 20.5. The van der Waals surface area contributed by atoms with Crippen LogP contribution in [0.15, 0.2) is 36.4 Å². The molecule has 2 aromatic carbocycles. The SMILES string of the molecule is CCOC(=O)c1c(CNc2ccccc2)n(C)c2cc(N)c3c(c12)CN(C)CO3. The lowest BCUT2D eigenvalue weighted by atomic mass is 10.0. The molecule has 7 nitrogen and oxygen atoms in total. The number of nitrogen functional groups attached to an aromatic ring is 1. The molecule has 0 radical (unpaired) electrons. The topological polar surface area (TPSA) is 81.8 Å². The van der Waals surface area contributed by atoms with Gasteiger partial charge in [-0.05, 0) is 32.2 Å². The average molecular weight is 394 g/mol. The van der Waals surface area contributed by atoms with Gasteiger partial charge >= 0.3 is 5.97 Å². The van der Waals surface area contributed by atoms with Crippen LogP contribution in [-0.4, -0.2) is 35.8 Å². The van der Waals surface area contributed by atoms with E-state index >= 15 is 0 Å². The summed E-state index contributed by atoms with van der Waals surface area (Å²) in [5, 5.41) is 4.26. The minimum Gasteiger partial charge on any atom is -0.476 e. The van der Waals surface area contributed by atoms with Crippen LogP contribution in [0.4, 0.5) is 11.4 Å². The van der Waals surface area contributed by atoms with E-state index in [4.69, 9.17) is 15.2 Å². The largest absolute Gasteiger partial charge is 0.476 e. The van der Waals surface area contributed by atoms with Gasteiger partial charge < -0.3 is 25.1 Å². The number of esters is 1. The fourth-order valence-corrected chi connectivity index (χ4v) is 3.91. The van der Waals surface area contributed by atoms with Crippen LogP contribution in [0.2, 0.25) is 0 Å². The number of rotatable bonds is 5. The van der Waals surface area contributed by atoms with Crippen molar-refractivity contribution in [1.29, 1.82) is 0 Å². The van der Waals surface area contributed by atoms with Gasteiger partial charge in [0.05, 0.1) is 35.6 Å². The van der Waals surface area contributed by atoms with Crippen molar-refractivity contribution >= 4 is 28.2 Å². The Labute approximate surface area is 170 Å². The van der Waals surface area contributed by atoms with Crippen molar-refractivity contribution in [3.8, 4) is 5.75 Å². The summed E-state index contributed by atoms with van der Waals surface area (Å²) in [5.74, 6) is 0.331. The van der Waals surface area contributed by atoms with Crippen LogP contribution in [0.25, 0.3) is 10.9 Å². The molecule has 152 valence electrons. The van der Waals surface area contributed by atoms with Crippen molar-refractivity contribution in [3.63, 3.8) is 0 Å². The number of para-hydroxylation sites is 1. The molecule has 0 fully saturated rings. The standard InChI is InChI=1S/C22H26N4O3/c1-4-28-22(27)20-18(11-24-14-8-6-5-7-9-14)26(3)17-10-16(23)21-15(19(17)20)12-25(2)13-29-21/h5-10,24H,4,11-13,23H2,1-3H3. The summed E-state index contributed by atoms with van der Waals surface area (Å²) in [7, 11) is 3.93. The van der Waals surface area contributed by atoms with Gasteiger partial charge in [0.2, 0.25) is 0 Å². The molecular formula is C22H26N4O3. The van der Waals surface area contributed by atoms with Crippen molar-refractivity contribution in [2.75, 3.05) is 31.4 Å². The highest BCUT2D eigenvalue weighted by molar-refractivity contribution is 6.09. The molecule has 29 heavy (non-hydrogen) atoms. The lowest BCUT2D eigenvalue weighted by molar-refractivity contribution is 0.0527. The molecule has 0 spiro atoms. The number of aryl methyl sites for hydroxylation is 1. The maximum absolute atomic E-state index is 13.0. The molecule has 3 aromatic rings. The second kappa shape index (κ2) is 7.67. The molecule has 0 saturated heterocycles. The number of nitrogens with zero attached hydrogens (tertiary/aromatic N) is 2. The zero-order valence-electron chi connectivity index (χ0n) is 17.0. The quantitative estimate of drug-likeness (QED) is 0.510. The summed E-state index contributed by atoms with van der Waals surface area (Å²) < 4.78 is 13.3. The number of anilines is 2. The Morgan fingerprint density at radius 2 is 2.03 bits per heavy atom. The van der Waals surface area contributed by atoms with Crippen molar-refractivity contribution in [3.05, 3.63) is 53.2 Å². The lowest BCUT2D eigenvalue weighted by Gasteiger charge is -2.27. The molecule has 0 bridgehead atoms. The lowest BCUT2D eigenvalue weighted by Crippen LogP contribution is -2.29. The Bertz CT molecular complexity index is 1060. The molecule has 3 N–H and O–H groups in total. The van der Waals surface area contributed by atoms with Gasteiger partial charge in [-0.2, -0.15) is 0 Å². The van der Waals surface area contributed by atoms with Gasteiger partial charge in [0, 0.05) is 30.2 Å². The second-order valence-corrected chi connectivity index (χ2v) is 7.28. The third kappa shape index (κ3) is 3.38. The van der Waals surface area contributed by atoms with E-state index in [1.165, 1.54) is 0 Å². The first-order valence-electron chi connectivity index (χ1n) is 9.71. The first kappa shape index (κ1) is 19.1. The van der Waals surface area contributed by atoms with Crippen molar-refractivity contribution in [2.45, 2.75) is 20.0 Å². The Balaban J connectivity index is 1.90. The van der Waals surface area contributed by atoms with Gasteiger partial charge in [-0.1, -0.05) is 18.2 Å². The number of fused-ring (bicyclic) bond motifs is 3. The van der Waals surface area contributed by atoms with Crippen LogP contribution in [0.3, 0.4) is 0 Å². The number of nitrogens with one attached hydrogen (secondary N) is 1. The third-order valence-electron chi connectivity index (χ3n) is 5.26. The normalized spacial score (nSPS) is 13.8. The molecule has 1 aliphatic heterocycles. The van der Waals surface area contributed by atoms with E-state index in [9.17, 15) is 4.79 Å². The van der Waals surface area contributed by atoms with E-state index in [2.05, 4.69) is 5.32 Å². The average Bonchev–Trinajstić information content (AvgIpc) is 2.99. The maximum atomic E-state index is 13.0. The van der Waals surface area contributed by atoms with Crippen LogP contribution < -0.4 is 15.8 Å². The summed E-state index contributed by atoms with van der Waals surface area (Å²) in [4.78, 5) is 15.1. The molecule has 0 aliphatic carbocycles. The highest BCUT2D eigenvalue weighted by Gasteiger charge is 2.29. The number of aromatic nitrogens is 1. The van der Waals surface area contributed by atoms with Gasteiger partial charge in [0.1, 0.15) is 12.5 Å². The second-order valence-electron chi connectivity index (χ2n) is 7.28. The van der Waals surface area contributed by atoms with Crippen LogP contribution in [0, 0.1) is 0 Å². The van der Waals surface area contributed by atoms with Crippen molar-refractivity contribution in [1.82, 2.24) is 9.47 Å². The summed E-state index contributed by atoms with van der Waals surface area (Å²) >= 11 is 0. The zero-order valence-corrected chi connectivity index (χ0v) is 17.0. The number of hydrogen-bond donors (Lipinski definition) is 2. The molecule has 0 atom stereocenters. The van der Waals surface area contributed by atoms with Gasteiger partial charge in [-0.3, -0.25) is 4.90 Å². The third-order valence-corrected chi connectivity index (χ3v) is 5.26. The fourth-order valence-electron chi connectivity index (χ4n) is 3.91. The van der Waals surface area contributed by atoms with Crippen LogP contribution in [0.5, 0.6) is 5.75 Å². The van der Waals surface area contributed by atoms with Gasteiger partial charge in [-0.15, -0.1) is 0 Å². The van der Waals surface area contributed by atoms with E-state index in [0.717, 1.165) is 27.8 Å². The molecule has 0 amide bonds. The van der Waals surface area contributed by atoms with Gasteiger partial charge in [0.25, 0.3) is 0 Å². The number of hydrogen-bond acceptors (Lipinski definition) is 6. The minimum absolute atomic E-state index is 0.314. The van der Waals surface area contributed by atoms with Crippen LogP contribution in [0.1, 0.15) is 28.5 Å². The Kier molecular flexibility index (Phi) is 5.07. The van der Waals surface area contributed by atoms with E-state index in [-0.39, 0.29) is 5.97 Å². The molecule has 1 aromatic heterocycles. The predicted molar refractivity (Wildman–Crippen MR) is 114 cm³/mol. The molecule has 1 aliphatic rings. The molecule has 0 saturated carbocycles. The molecule has 2 heterocycles. The highest BCUT2D eigenvalue weighted by Crippen LogP contribution is 2.41. The number of benzene rings is 2. The number of carbonyl (C=O) groups is 1. The smallest absolute Gasteiger partial charge is 0.340 e. The van der Waals surface area contributed by atoms with Crippen molar-refractivity contribution in [2.24, 2.45) is 7.05 Å². The number of carbonyl (C=O) groups excluding carboxylic acids is 1. The molecule has 4 rings (SSSR count). The van der Waals surface area contributed by atoms with E-state index in [0.29, 0.717) is 43.4 Å². The molecule has 0 unspecified atom stereocenters. The van der Waals surface area contributed by atoms with E-state index < -0.39 is 0 Å². The van der Waals surface area contributed by atoms with Gasteiger partial charge in [-0.25, -0.2) is 4.79 Å². The maximum Gasteiger partial charge on any atom is 0.340 e. The fraction of sp³-hybridized carbons (Fsp3) is 0.318. The first-order chi connectivity index (χ1) is 14.0. The summed E-state index contributed by atoms with van der Waals surface area (Å²) in [6.07, 6.45) is 0. The van der Waals surface area contributed by atoms with E-state index in [1.807, 2.05) is 66.9 Å². The van der Waals surface area contributed by atoms with Crippen molar-refractivity contribution < 1.29 is 14.3 Å². The summed E-state index contributed by atoms with van der Waals surface area (Å²) in [6, 6.07) is 11.8. The predicted octanol–water partition coefficient (Wildman–Crippen LogP) is 3.33. The Morgan fingerprint density at radius 1 is 1.28 bits per heavy atom. The van der Waals surface area contributed by atoms with Gasteiger partial charge in [0.15, 0.2) is 0 Å². The minimum atomic E-state index is -0.330. The first-order valence-corrected chi connectivity index (χ1v) is 9.71. The van der Waals surface area contributed by atoms with E-state index in [1.54, 1.807) is 0 Å². The molecule has 7 heteroatoms. The highest BCUT2D eigenvalue weighted by atomic mass is 16.5. The molecular weight excluding hydrogens is 368 g/mol. The number of ether oxygens (including phenoxy) is 2. The number of nitrogens with two attached hydrogens (primary N) is 1. The summed E-state index contributed by atoms with van der Waals surface area (Å²) in [5.41, 5.74) is 11.1. The Hall–Kier alpha value is -3.19.